The van der Waals surface area contributed by atoms with E-state index in [-0.39, 0.29) is 11.9 Å². The fraction of sp³-hybridized carbons (Fsp3) is 0.333. The van der Waals surface area contributed by atoms with E-state index in [9.17, 15) is 4.79 Å². The topological polar surface area (TPSA) is 42.5 Å². The van der Waals surface area contributed by atoms with Crippen molar-refractivity contribution in [3.05, 3.63) is 54.0 Å². The molecule has 2 heterocycles. The Kier molecular flexibility index (Phi) is 4.66. The smallest absolute Gasteiger partial charge is 0.259 e. The van der Waals surface area contributed by atoms with Gasteiger partial charge in [-0.1, -0.05) is 12.1 Å². The number of amides is 1. The Morgan fingerprint density at radius 3 is 2.83 bits per heavy atom. The standard InChI is InChI=1S/C18H22N4OS/c1-13(2)21(12-14-6-5-7-15(10-14)24-4)18(23)16-11-19-22-9-8-20(3)17(16)22/h5-11,13H,12H2,1-4H3. The average Bonchev–Trinajstić information content (AvgIpc) is 3.15. The van der Waals surface area contributed by atoms with Crippen molar-refractivity contribution in [2.45, 2.75) is 31.3 Å². The number of imidazole rings is 1. The second kappa shape index (κ2) is 6.73. The second-order valence-electron chi connectivity index (χ2n) is 6.11. The molecule has 0 aliphatic carbocycles. The lowest BCUT2D eigenvalue weighted by Gasteiger charge is -2.26. The third-order valence-electron chi connectivity index (χ3n) is 4.14. The first-order chi connectivity index (χ1) is 11.5. The van der Waals surface area contributed by atoms with Crippen LogP contribution in [0.5, 0.6) is 0 Å². The quantitative estimate of drug-likeness (QED) is 0.667. The first kappa shape index (κ1) is 16.6. The van der Waals surface area contributed by atoms with Gasteiger partial charge in [-0.25, -0.2) is 4.52 Å². The number of fused-ring (bicyclic) bond motifs is 1. The Balaban J connectivity index is 1.92. The highest BCUT2D eigenvalue weighted by atomic mass is 32.2. The minimum absolute atomic E-state index is 0.0105. The van der Waals surface area contributed by atoms with Crippen LogP contribution >= 0.6 is 11.8 Å². The molecular formula is C18H22N4OS. The van der Waals surface area contributed by atoms with Gasteiger partial charge in [-0.2, -0.15) is 5.10 Å². The number of thioether (sulfide) groups is 1. The minimum Gasteiger partial charge on any atom is -0.334 e. The van der Waals surface area contributed by atoms with E-state index in [1.165, 1.54) is 4.90 Å². The van der Waals surface area contributed by atoms with Crippen LogP contribution in [-0.2, 0) is 13.6 Å². The van der Waals surface area contributed by atoms with Crippen LogP contribution in [0.25, 0.3) is 5.65 Å². The average molecular weight is 342 g/mol. The number of aromatic nitrogens is 3. The van der Waals surface area contributed by atoms with Crippen molar-refractivity contribution in [1.29, 1.82) is 0 Å². The molecule has 0 saturated heterocycles. The molecule has 126 valence electrons. The molecular weight excluding hydrogens is 320 g/mol. The summed E-state index contributed by atoms with van der Waals surface area (Å²) in [5.74, 6) is 0.0105. The first-order valence-electron chi connectivity index (χ1n) is 7.94. The van der Waals surface area contributed by atoms with E-state index < -0.39 is 0 Å². The molecule has 3 aromatic rings. The van der Waals surface area contributed by atoms with E-state index in [2.05, 4.69) is 29.6 Å². The first-order valence-corrected chi connectivity index (χ1v) is 9.16. The number of hydrogen-bond donors (Lipinski definition) is 0. The molecule has 0 bridgehead atoms. The molecule has 0 spiro atoms. The van der Waals surface area contributed by atoms with E-state index in [1.54, 1.807) is 22.5 Å². The van der Waals surface area contributed by atoms with Crippen LogP contribution in [0.2, 0.25) is 0 Å². The van der Waals surface area contributed by atoms with E-state index >= 15 is 0 Å². The maximum absolute atomic E-state index is 13.1. The van der Waals surface area contributed by atoms with E-state index in [0.29, 0.717) is 12.1 Å². The zero-order chi connectivity index (χ0) is 17.3. The van der Waals surface area contributed by atoms with Gasteiger partial charge in [0.2, 0.25) is 0 Å². The summed E-state index contributed by atoms with van der Waals surface area (Å²) < 4.78 is 3.66. The van der Waals surface area contributed by atoms with Gasteiger partial charge in [-0.15, -0.1) is 11.8 Å². The van der Waals surface area contributed by atoms with Gasteiger partial charge in [0.25, 0.3) is 5.91 Å². The van der Waals surface area contributed by atoms with Crippen molar-refractivity contribution in [2.75, 3.05) is 6.26 Å². The molecule has 6 heteroatoms. The number of hydrogen-bond acceptors (Lipinski definition) is 3. The predicted molar refractivity (Wildman–Crippen MR) is 97.4 cm³/mol. The van der Waals surface area contributed by atoms with Crippen molar-refractivity contribution < 1.29 is 4.79 Å². The number of carbonyl (C=O) groups excluding carboxylic acids is 1. The van der Waals surface area contributed by atoms with Crippen molar-refractivity contribution in [2.24, 2.45) is 7.05 Å². The molecule has 1 amide bonds. The van der Waals surface area contributed by atoms with Crippen molar-refractivity contribution in [3.63, 3.8) is 0 Å². The van der Waals surface area contributed by atoms with Crippen LogP contribution in [0.3, 0.4) is 0 Å². The Hall–Kier alpha value is -2.21. The van der Waals surface area contributed by atoms with Gasteiger partial charge >= 0.3 is 0 Å². The summed E-state index contributed by atoms with van der Waals surface area (Å²) in [6.45, 7) is 4.68. The maximum atomic E-state index is 13.1. The third-order valence-corrected chi connectivity index (χ3v) is 4.86. The Morgan fingerprint density at radius 2 is 2.12 bits per heavy atom. The molecule has 2 aromatic heterocycles. The molecule has 0 unspecified atom stereocenters. The largest absolute Gasteiger partial charge is 0.334 e. The van der Waals surface area contributed by atoms with Crippen LogP contribution < -0.4 is 0 Å². The van der Waals surface area contributed by atoms with Crippen LogP contribution in [0.15, 0.2) is 47.8 Å². The summed E-state index contributed by atoms with van der Waals surface area (Å²) in [5, 5.41) is 4.28. The zero-order valence-electron chi connectivity index (χ0n) is 14.4. The van der Waals surface area contributed by atoms with Crippen LogP contribution in [0.4, 0.5) is 0 Å². The van der Waals surface area contributed by atoms with Crippen molar-refractivity contribution in [3.8, 4) is 0 Å². The molecule has 0 N–H and O–H groups in total. The lowest BCUT2D eigenvalue weighted by molar-refractivity contribution is 0.0692. The second-order valence-corrected chi connectivity index (χ2v) is 6.99. The van der Waals surface area contributed by atoms with Crippen LogP contribution in [-0.4, -0.2) is 37.3 Å². The summed E-state index contributed by atoms with van der Waals surface area (Å²) in [7, 11) is 1.93. The summed E-state index contributed by atoms with van der Waals surface area (Å²) in [5.41, 5.74) is 2.60. The van der Waals surface area contributed by atoms with E-state index in [0.717, 1.165) is 11.2 Å². The summed E-state index contributed by atoms with van der Waals surface area (Å²) in [6.07, 6.45) is 7.48. The van der Waals surface area contributed by atoms with Gasteiger partial charge < -0.3 is 9.47 Å². The number of benzene rings is 1. The molecule has 24 heavy (non-hydrogen) atoms. The molecule has 0 aliphatic rings. The number of aryl methyl sites for hydroxylation is 1. The van der Waals surface area contributed by atoms with Gasteiger partial charge in [0.05, 0.1) is 6.20 Å². The molecule has 1 aromatic carbocycles. The minimum atomic E-state index is 0.0105. The van der Waals surface area contributed by atoms with Crippen LogP contribution in [0, 0.1) is 0 Å². The molecule has 0 atom stereocenters. The molecule has 0 fully saturated rings. The lowest BCUT2D eigenvalue weighted by atomic mass is 10.1. The number of carbonyl (C=O) groups is 1. The highest BCUT2D eigenvalue weighted by Gasteiger charge is 2.23. The highest BCUT2D eigenvalue weighted by Crippen LogP contribution is 2.20. The van der Waals surface area contributed by atoms with Gasteiger partial charge in [0.15, 0.2) is 0 Å². The van der Waals surface area contributed by atoms with E-state index in [1.807, 2.05) is 48.8 Å². The maximum Gasteiger partial charge on any atom is 0.259 e. The fourth-order valence-electron chi connectivity index (χ4n) is 2.81. The SMILES string of the molecule is CSc1cccc(CN(C(=O)c2cnn3ccn(C)c23)C(C)C)c1. The van der Waals surface area contributed by atoms with Crippen molar-refractivity contribution in [1.82, 2.24) is 19.1 Å². The third kappa shape index (κ3) is 3.06. The van der Waals surface area contributed by atoms with E-state index in [4.69, 9.17) is 0 Å². The highest BCUT2D eigenvalue weighted by molar-refractivity contribution is 7.98. The molecule has 0 saturated carbocycles. The van der Waals surface area contributed by atoms with Gasteiger partial charge in [0, 0.05) is 36.9 Å². The zero-order valence-corrected chi connectivity index (χ0v) is 15.2. The number of rotatable bonds is 5. The van der Waals surface area contributed by atoms with Gasteiger partial charge in [-0.05, 0) is 37.8 Å². The lowest BCUT2D eigenvalue weighted by Crippen LogP contribution is -2.36. The molecule has 5 nitrogen and oxygen atoms in total. The molecule has 0 radical (unpaired) electrons. The summed E-state index contributed by atoms with van der Waals surface area (Å²) in [6, 6.07) is 8.44. The predicted octanol–water partition coefficient (Wildman–Crippen LogP) is 3.45. The number of nitrogens with zero attached hydrogens (tertiary/aromatic N) is 4. The normalized spacial score (nSPS) is 11.4. The molecule has 3 rings (SSSR count). The van der Waals surface area contributed by atoms with Gasteiger partial charge in [0.1, 0.15) is 11.2 Å². The fourth-order valence-corrected chi connectivity index (χ4v) is 3.30. The summed E-state index contributed by atoms with van der Waals surface area (Å²) in [4.78, 5) is 16.2. The molecule has 0 aliphatic heterocycles. The Labute approximate surface area is 146 Å². The van der Waals surface area contributed by atoms with Crippen LogP contribution in [0.1, 0.15) is 29.8 Å². The van der Waals surface area contributed by atoms with Crippen molar-refractivity contribution >= 4 is 23.3 Å². The summed E-state index contributed by atoms with van der Waals surface area (Å²) >= 11 is 1.71. The van der Waals surface area contributed by atoms with Gasteiger partial charge in [-0.3, -0.25) is 4.79 Å². The Morgan fingerprint density at radius 1 is 1.33 bits per heavy atom. The monoisotopic (exact) mass is 342 g/mol. The Bertz CT molecular complexity index is 865.